The van der Waals surface area contributed by atoms with Crippen molar-refractivity contribution < 1.29 is 4.52 Å². The van der Waals surface area contributed by atoms with E-state index < -0.39 is 0 Å². The molecule has 7 heteroatoms. The van der Waals surface area contributed by atoms with Gasteiger partial charge in [-0.05, 0) is 25.3 Å². The number of nitrogens with zero attached hydrogens (tertiary/aromatic N) is 3. The van der Waals surface area contributed by atoms with Gasteiger partial charge < -0.3 is 9.51 Å². The minimum atomic E-state index is -0.0353. The van der Waals surface area contributed by atoms with Gasteiger partial charge in [0.25, 0.3) is 5.56 Å². The van der Waals surface area contributed by atoms with Crippen molar-refractivity contribution in [2.45, 2.75) is 33.4 Å². The van der Waals surface area contributed by atoms with Gasteiger partial charge in [-0.25, -0.2) is 4.98 Å². The lowest BCUT2D eigenvalue weighted by Crippen LogP contribution is -2.35. The first-order chi connectivity index (χ1) is 11.6. The smallest absolute Gasteiger partial charge is 0.255 e. The van der Waals surface area contributed by atoms with Crippen LogP contribution < -0.4 is 5.56 Å². The van der Waals surface area contributed by atoms with Gasteiger partial charge >= 0.3 is 0 Å². The summed E-state index contributed by atoms with van der Waals surface area (Å²) in [5.74, 6) is 1.52. The Morgan fingerprint density at radius 3 is 3.00 bits per heavy atom. The number of hydrogen-bond acceptors (Lipinski definition) is 6. The quantitative estimate of drug-likeness (QED) is 0.792. The summed E-state index contributed by atoms with van der Waals surface area (Å²) < 4.78 is 5.23. The molecule has 0 amide bonds. The van der Waals surface area contributed by atoms with Crippen molar-refractivity contribution in [2.75, 3.05) is 6.54 Å². The Balaban J connectivity index is 1.61. The summed E-state index contributed by atoms with van der Waals surface area (Å²) in [4.78, 5) is 23.4. The molecule has 0 spiro atoms. The third kappa shape index (κ3) is 2.70. The average molecular weight is 342 g/mol. The summed E-state index contributed by atoms with van der Waals surface area (Å²) in [6.45, 7) is 6.09. The third-order valence-corrected chi connectivity index (χ3v) is 5.34. The maximum absolute atomic E-state index is 12.5. The van der Waals surface area contributed by atoms with E-state index in [1.807, 2.05) is 31.4 Å². The predicted octanol–water partition coefficient (Wildman–Crippen LogP) is 2.66. The Morgan fingerprint density at radius 1 is 1.42 bits per heavy atom. The predicted molar refractivity (Wildman–Crippen MR) is 92.0 cm³/mol. The van der Waals surface area contributed by atoms with Crippen LogP contribution in [-0.2, 0) is 19.5 Å². The fourth-order valence-corrected chi connectivity index (χ4v) is 3.77. The second kappa shape index (κ2) is 5.99. The fraction of sp³-hybridized carbons (Fsp3) is 0.353. The van der Waals surface area contributed by atoms with Gasteiger partial charge in [0.1, 0.15) is 5.76 Å². The Hall–Kier alpha value is -2.25. The molecule has 1 aliphatic heterocycles. The van der Waals surface area contributed by atoms with E-state index in [2.05, 4.69) is 20.0 Å². The van der Waals surface area contributed by atoms with Gasteiger partial charge in [-0.2, -0.15) is 0 Å². The molecule has 1 aliphatic rings. The Kier molecular flexibility index (Phi) is 3.82. The number of aromatic nitrogens is 3. The second-order valence-electron chi connectivity index (χ2n) is 6.08. The molecular weight excluding hydrogens is 324 g/mol. The molecule has 0 fully saturated rings. The van der Waals surface area contributed by atoms with Gasteiger partial charge in [0.2, 0.25) is 0 Å². The molecule has 0 aromatic carbocycles. The normalized spacial score (nSPS) is 14.8. The van der Waals surface area contributed by atoms with Crippen molar-refractivity contribution >= 4 is 11.3 Å². The lowest BCUT2D eigenvalue weighted by molar-refractivity contribution is 0.240. The van der Waals surface area contributed by atoms with E-state index in [0.717, 1.165) is 52.7 Å². The average Bonchev–Trinajstić information content (AvgIpc) is 3.21. The van der Waals surface area contributed by atoms with Crippen molar-refractivity contribution in [1.82, 2.24) is 20.0 Å². The standard InChI is InChI=1S/C17H18N4O2S/c1-10-12(11(2)23-20-10)8-21-6-5-14-13(9-21)17(22)19-16(18-14)15-4-3-7-24-15/h3-4,7H,5-6,8-9H2,1-2H3,(H,18,19,22). The Labute approximate surface area is 143 Å². The van der Waals surface area contributed by atoms with E-state index in [1.165, 1.54) is 0 Å². The summed E-state index contributed by atoms with van der Waals surface area (Å²) in [6.07, 6.45) is 0.779. The van der Waals surface area contributed by atoms with E-state index >= 15 is 0 Å². The lowest BCUT2D eigenvalue weighted by Gasteiger charge is -2.27. The van der Waals surface area contributed by atoms with Crippen LogP contribution in [0.1, 0.15) is 28.3 Å². The van der Waals surface area contributed by atoms with E-state index in [-0.39, 0.29) is 5.56 Å². The van der Waals surface area contributed by atoms with Crippen LogP contribution in [0.25, 0.3) is 10.7 Å². The SMILES string of the molecule is Cc1noc(C)c1CN1CCc2nc(-c3cccs3)[nH]c(=O)c2C1. The highest BCUT2D eigenvalue weighted by Crippen LogP contribution is 2.24. The molecular formula is C17H18N4O2S. The van der Waals surface area contributed by atoms with Gasteiger partial charge in [0.15, 0.2) is 5.82 Å². The number of aryl methyl sites for hydroxylation is 2. The lowest BCUT2D eigenvalue weighted by atomic mass is 10.1. The summed E-state index contributed by atoms with van der Waals surface area (Å²) in [5.41, 5.74) is 3.67. The number of rotatable bonds is 3. The van der Waals surface area contributed by atoms with Crippen LogP contribution in [-0.4, -0.2) is 26.6 Å². The van der Waals surface area contributed by atoms with Crippen molar-refractivity contribution in [3.05, 3.63) is 56.1 Å². The molecule has 0 saturated carbocycles. The zero-order chi connectivity index (χ0) is 16.7. The van der Waals surface area contributed by atoms with E-state index in [0.29, 0.717) is 12.4 Å². The molecule has 1 N–H and O–H groups in total. The first-order valence-electron chi connectivity index (χ1n) is 7.92. The summed E-state index contributed by atoms with van der Waals surface area (Å²) in [5, 5.41) is 5.99. The van der Waals surface area contributed by atoms with Crippen LogP contribution in [0.15, 0.2) is 26.8 Å². The van der Waals surface area contributed by atoms with Gasteiger partial charge in [-0.3, -0.25) is 9.69 Å². The van der Waals surface area contributed by atoms with Gasteiger partial charge in [-0.15, -0.1) is 11.3 Å². The molecule has 4 rings (SSSR count). The highest BCUT2D eigenvalue weighted by atomic mass is 32.1. The monoisotopic (exact) mass is 342 g/mol. The highest BCUT2D eigenvalue weighted by molar-refractivity contribution is 7.13. The maximum Gasteiger partial charge on any atom is 0.255 e. The number of fused-ring (bicyclic) bond motifs is 1. The summed E-state index contributed by atoms with van der Waals surface area (Å²) >= 11 is 1.58. The molecule has 24 heavy (non-hydrogen) atoms. The van der Waals surface area contributed by atoms with Crippen LogP contribution in [0.3, 0.4) is 0 Å². The number of H-pyrrole nitrogens is 1. The van der Waals surface area contributed by atoms with Crippen molar-refractivity contribution in [3.63, 3.8) is 0 Å². The first kappa shape index (κ1) is 15.3. The van der Waals surface area contributed by atoms with Crippen LogP contribution in [0.5, 0.6) is 0 Å². The molecule has 0 aliphatic carbocycles. The third-order valence-electron chi connectivity index (χ3n) is 4.47. The fourth-order valence-electron chi connectivity index (χ4n) is 3.10. The van der Waals surface area contributed by atoms with Crippen LogP contribution in [0.4, 0.5) is 0 Å². The molecule has 0 radical (unpaired) electrons. The minimum absolute atomic E-state index is 0.0353. The second-order valence-corrected chi connectivity index (χ2v) is 7.03. The van der Waals surface area contributed by atoms with Crippen molar-refractivity contribution in [1.29, 1.82) is 0 Å². The Morgan fingerprint density at radius 2 is 2.29 bits per heavy atom. The van der Waals surface area contributed by atoms with Gasteiger partial charge in [0.05, 0.1) is 21.8 Å². The van der Waals surface area contributed by atoms with E-state index in [4.69, 9.17) is 4.52 Å². The van der Waals surface area contributed by atoms with Crippen LogP contribution in [0.2, 0.25) is 0 Å². The van der Waals surface area contributed by atoms with Gasteiger partial charge in [0, 0.05) is 31.6 Å². The topological polar surface area (TPSA) is 75.0 Å². The molecule has 0 bridgehead atoms. The van der Waals surface area contributed by atoms with Crippen molar-refractivity contribution in [2.24, 2.45) is 0 Å². The number of nitrogens with one attached hydrogen (secondary N) is 1. The molecule has 0 atom stereocenters. The molecule has 6 nitrogen and oxygen atoms in total. The molecule has 0 saturated heterocycles. The molecule has 124 valence electrons. The summed E-state index contributed by atoms with van der Waals surface area (Å²) in [6, 6.07) is 3.94. The minimum Gasteiger partial charge on any atom is -0.361 e. The molecule has 3 aromatic heterocycles. The largest absolute Gasteiger partial charge is 0.361 e. The number of thiophene rings is 1. The number of hydrogen-bond donors (Lipinski definition) is 1. The summed E-state index contributed by atoms with van der Waals surface area (Å²) in [7, 11) is 0. The van der Waals surface area contributed by atoms with E-state index in [1.54, 1.807) is 11.3 Å². The number of aromatic amines is 1. The zero-order valence-corrected chi connectivity index (χ0v) is 14.4. The first-order valence-corrected chi connectivity index (χ1v) is 8.80. The maximum atomic E-state index is 12.5. The van der Waals surface area contributed by atoms with Crippen molar-refractivity contribution in [3.8, 4) is 10.7 Å². The molecule has 4 heterocycles. The van der Waals surface area contributed by atoms with Crippen LogP contribution >= 0.6 is 11.3 Å². The molecule has 3 aromatic rings. The highest BCUT2D eigenvalue weighted by Gasteiger charge is 2.23. The zero-order valence-electron chi connectivity index (χ0n) is 13.6. The van der Waals surface area contributed by atoms with E-state index in [9.17, 15) is 4.79 Å². The Bertz CT molecular complexity index is 907. The molecule has 0 unspecified atom stereocenters. The van der Waals surface area contributed by atoms with Crippen LogP contribution in [0, 0.1) is 13.8 Å². The van der Waals surface area contributed by atoms with Gasteiger partial charge in [-0.1, -0.05) is 11.2 Å².